The number of aliphatic carboxylic acids is 1. The van der Waals surface area contributed by atoms with Gasteiger partial charge in [0, 0.05) is 28.8 Å². The summed E-state index contributed by atoms with van der Waals surface area (Å²) in [7, 11) is 1.29. The second-order valence-electron chi connectivity index (χ2n) is 7.62. The predicted octanol–water partition coefficient (Wildman–Crippen LogP) is 1.02. The number of thioether (sulfide) groups is 1. The molecule has 2 amide bonds. The molecule has 0 aliphatic carbocycles. The molecule has 11 nitrogen and oxygen atoms in total. The number of β-lactam (4-membered cyclic amide) rings is 1. The van der Waals surface area contributed by atoms with Gasteiger partial charge in [0.15, 0.2) is 23.6 Å². The molecule has 2 aliphatic heterocycles. The Morgan fingerprint density at radius 1 is 1.40 bits per heavy atom. The Balaban J connectivity index is 1.38. The van der Waals surface area contributed by atoms with Gasteiger partial charge in [0.05, 0.1) is 4.70 Å². The molecule has 14 heteroatoms. The number of hydrogen-bond acceptors (Lipinski definition) is 10. The highest BCUT2D eigenvalue weighted by Crippen LogP contribution is 2.40. The number of aromatic nitrogens is 2. The van der Waals surface area contributed by atoms with E-state index < -0.39 is 29.2 Å². The monoisotopic (exact) mass is 531 g/mol. The van der Waals surface area contributed by atoms with E-state index in [9.17, 15) is 19.5 Å². The zero-order valence-corrected chi connectivity index (χ0v) is 20.7. The topological polar surface area (TPSA) is 151 Å². The first-order valence-corrected chi connectivity index (χ1v) is 13.1. The molecular formula is C21H19N6O5S3+. The minimum atomic E-state index is -1.18. The summed E-state index contributed by atoms with van der Waals surface area (Å²) in [5.41, 5.74) is 7.33. The van der Waals surface area contributed by atoms with Crippen LogP contribution in [0.25, 0.3) is 10.2 Å². The molecule has 3 aromatic heterocycles. The van der Waals surface area contributed by atoms with Crippen LogP contribution in [0.2, 0.25) is 0 Å². The van der Waals surface area contributed by atoms with Crippen LogP contribution in [0.3, 0.4) is 0 Å². The number of oxime groups is 1. The van der Waals surface area contributed by atoms with Gasteiger partial charge in [0.1, 0.15) is 29.9 Å². The number of carbonyl (C=O) groups excluding carboxylic acids is 2. The molecule has 1 fully saturated rings. The number of nitrogens with zero attached hydrogens (tertiary/aromatic N) is 4. The van der Waals surface area contributed by atoms with E-state index in [-0.39, 0.29) is 22.2 Å². The van der Waals surface area contributed by atoms with Crippen molar-refractivity contribution in [2.75, 3.05) is 18.6 Å². The van der Waals surface area contributed by atoms with E-state index in [0.29, 0.717) is 17.9 Å². The number of fused-ring (bicyclic) bond motifs is 2. The molecule has 0 aromatic carbocycles. The number of hydrogen-bond donors (Lipinski definition) is 3. The highest BCUT2D eigenvalue weighted by Gasteiger charge is 2.54. The molecule has 0 bridgehead atoms. The maximum absolute atomic E-state index is 13.0. The molecule has 3 aromatic rings. The summed E-state index contributed by atoms with van der Waals surface area (Å²) in [5, 5.41) is 19.6. The lowest BCUT2D eigenvalue weighted by Crippen LogP contribution is -2.71. The van der Waals surface area contributed by atoms with Gasteiger partial charge in [-0.2, -0.15) is 4.57 Å². The van der Waals surface area contributed by atoms with E-state index in [1.807, 2.05) is 34.3 Å². The first-order chi connectivity index (χ1) is 16.9. The summed E-state index contributed by atoms with van der Waals surface area (Å²) in [6.45, 7) is 0.339. The Morgan fingerprint density at radius 3 is 2.94 bits per heavy atom. The number of carboxylic acid groups (broad SMARTS) is 1. The number of rotatable bonds is 7. The van der Waals surface area contributed by atoms with Crippen LogP contribution in [0.1, 0.15) is 5.69 Å². The van der Waals surface area contributed by atoms with Crippen LogP contribution < -0.4 is 15.6 Å². The van der Waals surface area contributed by atoms with Gasteiger partial charge in [-0.3, -0.25) is 14.5 Å². The Kier molecular flexibility index (Phi) is 6.17. The number of nitrogens with two attached hydrogens (primary N) is 1. The molecular weight excluding hydrogens is 512 g/mol. The highest BCUT2D eigenvalue weighted by atomic mass is 32.2. The third kappa shape index (κ3) is 4.13. The molecule has 1 saturated heterocycles. The van der Waals surface area contributed by atoms with Crippen LogP contribution in [0.15, 0.2) is 51.6 Å². The van der Waals surface area contributed by atoms with Crippen molar-refractivity contribution in [3.63, 3.8) is 0 Å². The third-order valence-corrected chi connectivity index (χ3v) is 8.44. The first-order valence-electron chi connectivity index (χ1n) is 10.3. The minimum Gasteiger partial charge on any atom is -0.477 e. The minimum absolute atomic E-state index is 0.0398. The van der Waals surface area contributed by atoms with E-state index >= 15 is 0 Å². The maximum Gasteiger partial charge on any atom is 0.352 e. The van der Waals surface area contributed by atoms with Gasteiger partial charge in [-0.15, -0.1) is 34.4 Å². The van der Waals surface area contributed by atoms with Crippen molar-refractivity contribution in [2.24, 2.45) is 5.16 Å². The molecule has 2 atom stereocenters. The third-order valence-electron chi connectivity index (χ3n) is 5.56. The zero-order valence-electron chi connectivity index (χ0n) is 18.2. The molecule has 0 spiro atoms. The number of thiophene rings is 1. The van der Waals surface area contributed by atoms with Crippen molar-refractivity contribution in [3.8, 4) is 0 Å². The molecule has 5 heterocycles. The van der Waals surface area contributed by atoms with Crippen LogP contribution in [-0.2, 0) is 25.8 Å². The predicted molar refractivity (Wildman–Crippen MR) is 132 cm³/mol. The van der Waals surface area contributed by atoms with Crippen LogP contribution in [0.4, 0.5) is 5.13 Å². The van der Waals surface area contributed by atoms with Crippen molar-refractivity contribution < 1.29 is 28.9 Å². The van der Waals surface area contributed by atoms with E-state index in [0.717, 1.165) is 21.6 Å². The Labute approximate surface area is 210 Å². The van der Waals surface area contributed by atoms with Crippen molar-refractivity contribution in [3.05, 3.63) is 52.1 Å². The van der Waals surface area contributed by atoms with Gasteiger partial charge in [0.25, 0.3) is 11.8 Å². The number of amides is 2. The Hall–Kier alpha value is -3.49. The normalized spacial score (nSPS) is 20.0. The molecule has 0 saturated carbocycles. The highest BCUT2D eigenvalue weighted by molar-refractivity contribution is 8.00. The van der Waals surface area contributed by atoms with Crippen molar-refractivity contribution in [1.29, 1.82) is 0 Å². The van der Waals surface area contributed by atoms with Crippen LogP contribution in [-0.4, -0.2) is 62.8 Å². The summed E-state index contributed by atoms with van der Waals surface area (Å²) in [5.74, 6) is -1.95. The van der Waals surface area contributed by atoms with E-state index in [2.05, 4.69) is 15.5 Å². The molecule has 180 valence electrons. The van der Waals surface area contributed by atoms with Gasteiger partial charge < -0.3 is 21.0 Å². The van der Waals surface area contributed by atoms with Crippen LogP contribution in [0.5, 0.6) is 0 Å². The quantitative estimate of drug-likeness (QED) is 0.177. The zero-order chi connectivity index (χ0) is 24.7. The lowest BCUT2D eigenvalue weighted by atomic mass is 10.0. The van der Waals surface area contributed by atoms with Gasteiger partial charge in [0.2, 0.25) is 5.52 Å². The van der Waals surface area contributed by atoms with Gasteiger partial charge in [-0.1, -0.05) is 5.16 Å². The molecule has 4 N–H and O–H groups in total. The second kappa shape index (κ2) is 9.28. The maximum atomic E-state index is 13.0. The number of nitrogen functional groups attached to an aromatic ring is 1. The van der Waals surface area contributed by atoms with Crippen LogP contribution >= 0.6 is 34.4 Å². The van der Waals surface area contributed by atoms with Crippen molar-refractivity contribution in [2.45, 2.75) is 18.0 Å². The van der Waals surface area contributed by atoms with Gasteiger partial charge in [-0.25, -0.2) is 9.78 Å². The Morgan fingerprint density at radius 2 is 2.23 bits per heavy atom. The van der Waals surface area contributed by atoms with E-state index in [4.69, 9.17) is 10.6 Å². The molecule has 35 heavy (non-hydrogen) atoms. The molecule has 1 unspecified atom stereocenters. The first kappa shape index (κ1) is 23.3. The average molecular weight is 532 g/mol. The largest absolute Gasteiger partial charge is 0.477 e. The number of carbonyl (C=O) groups is 3. The van der Waals surface area contributed by atoms with E-state index in [1.165, 1.54) is 23.8 Å². The fourth-order valence-electron chi connectivity index (χ4n) is 4.04. The van der Waals surface area contributed by atoms with Gasteiger partial charge >= 0.3 is 5.97 Å². The summed E-state index contributed by atoms with van der Waals surface area (Å²) < 4.78 is 3.06. The summed E-state index contributed by atoms with van der Waals surface area (Å²) in [6.07, 6.45) is 1.89. The van der Waals surface area contributed by atoms with Gasteiger partial charge in [-0.05, 0) is 11.4 Å². The summed E-state index contributed by atoms with van der Waals surface area (Å²) >= 11 is 4.14. The lowest BCUT2D eigenvalue weighted by Gasteiger charge is -2.49. The average Bonchev–Trinajstić information content (AvgIpc) is 3.49. The fraction of sp³-hybridized carbons (Fsp3) is 0.238. The van der Waals surface area contributed by atoms with E-state index in [1.54, 1.807) is 16.7 Å². The molecule has 0 radical (unpaired) electrons. The van der Waals surface area contributed by atoms with Crippen molar-refractivity contribution >= 4 is 73.3 Å². The molecule has 2 aliphatic rings. The van der Waals surface area contributed by atoms with Crippen LogP contribution in [0, 0.1) is 0 Å². The lowest BCUT2D eigenvalue weighted by molar-refractivity contribution is -0.663. The summed E-state index contributed by atoms with van der Waals surface area (Å²) in [4.78, 5) is 48.2. The fourth-order valence-corrected chi connectivity index (χ4v) is 6.73. The second-order valence-corrected chi connectivity index (χ2v) is 10.6. The SMILES string of the molecule is CO/N=C(\C(=O)NC1C(=O)N2C(C(=O)O)=C(C[n+]3cccc4sccc43)CS[C@H]12)c1csc(N)n1. The number of carboxylic acids is 1. The standard InChI is InChI=1S/C21H18N6O5S3/c1-32-25-14(11-9-35-21(22)23-11)17(28)24-15-18(29)27-16(20(30)31)10(8-34-19(15)27)7-26-5-2-3-13-12(26)4-6-33-13/h2-6,9,15,19H,7-8H2,1H3,(H3-,22,23,24,28,30,31)/p+1/b25-14-/t15?,19-/m1/s1. The molecule has 5 rings (SSSR count). The number of anilines is 1. The smallest absolute Gasteiger partial charge is 0.352 e. The number of thiazole rings is 1. The Bertz CT molecular complexity index is 1410. The van der Waals surface area contributed by atoms with Crippen molar-refractivity contribution in [1.82, 2.24) is 15.2 Å². The number of pyridine rings is 1. The number of nitrogens with one attached hydrogen (secondary N) is 1. The summed E-state index contributed by atoms with van der Waals surface area (Å²) in [6, 6.07) is 4.99.